The number of halogens is 1. The van der Waals surface area contributed by atoms with Crippen molar-refractivity contribution in [3.05, 3.63) is 41.4 Å². The van der Waals surface area contributed by atoms with Crippen molar-refractivity contribution in [2.24, 2.45) is 11.8 Å². The maximum Gasteiger partial charge on any atom is 0.227 e. The number of nitrogens with zero attached hydrogens (tertiary/aromatic N) is 3. The van der Waals surface area contributed by atoms with Crippen molar-refractivity contribution in [3.63, 3.8) is 0 Å². The van der Waals surface area contributed by atoms with Crippen LogP contribution in [0.5, 0.6) is 11.5 Å². The lowest BCUT2D eigenvalue weighted by Crippen LogP contribution is -2.35. The summed E-state index contributed by atoms with van der Waals surface area (Å²) < 4.78 is 13.1. The largest absolute Gasteiger partial charge is 0.486 e. The molecule has 1 amide bonds. The number of hydrogen-bond donors (Lipinski definition) is 1. The Labute approximate surface area is 174 Å². The van der Waals surface area contributed by atoms with Crippen LogP contribution in [0, 0.1) is 11.8 Å². The molecule has 8 heteroatoms. The van der Waals surface area contributed by atoms with E-state index in [1.54, 1.807) is 18.6 Å². The quantitative estimate of drug-likeness (QED) is 0.829. The Morgan fingerprint density at radius 2 is 1.90 bits per heavy atom. The summed E-state index contributed by atoms with van der Waals surface area (Å²) in [6.07, 6.45) is 6.79. The second kappa shape index (κ2) is 7.54. The highest BCUT2D eigenvalue weighted by Crippen LogP contribution is 2.42. The van der Waals surface area contributed by atoms with Crippen LogP contribution in [0.1, 0.15) is 24.4 Å². The average Bonchev–Trinajstić information content (AvgIpc) is 3.37. The van der Waals surface area contributed by atoms with Gasteiger partial charge in [0.25, 0.3) is 0 Å². The Balaban J connectivity index is 1.26. The number of aliphatic hydroxyl groups excluding tert-OH is 1. The lowest BCUT2D eigenvalue weighted by molar-refractivity contribution is -0.129. The molecule has 1 saturated carbocycles. The van der Waals surface area contributed by atoms with Crippen molar-refractivity contribution in [2.45, 2.75) is 31.4 Å². The third-order valence-corrected chi connectivity index (χ3v) is 6.77. The first-order valence-corrected chi connectivity index (χ1v) is 10.5. The van der Waals surface area contributed by atoms with Gasteiger partial charge in [0.2, 0.25) is 5.91 Å². The third kappa shape index (κ3) is 3.57. The molecule has 2 fully saturated rings. The normalized spacial score (nSPS) is 28.3. The molecule has 5 rings (SSSR count). The van der Waals surface area contributed by atoms with Gasteiger partial charge in [0.1, 0.15) is 13.2 Å². The predicted octanol–water partition coefficient (Wildman–Crippen LogP) is 2.32. The number of hydrogen-bond acceptors (Lipinski definition) is 5. The molecule has 0 radical (unpaired) electrons. The van der Waals surface area contributed by atoms with E-state index in [4.69, 9.17) is 21.1 Å². The van der Waals surface area contributed by atoms with Gasteiger partial charge >= 0.3 is 0 Å². The fraction of sp³-hybridized carbons (Fsp3) is 0.524. The number of carbonyl (C=O) groups is 1. The van der Waals surface area contributed by atoms with Crippen LogP contribution in [-0.2, 0) is 11.2 Å². The molecule has 4 atom stereocenters. The number of rotatable bonds is 3. The van der Waals surface area contributed by atoms with Gasteiger partial charge in [-0.15, -0.1) is 0 Å². The molecule has 29 heavy (non-hydrogen) atoms. The maximum absolute atomic E-state index is 13.0. The summed E-state index contributed by atoms with van der Waals surface area (Å²) in [5.74, 6) is 2.07. The number of imidazole rings is 1. The number of aliphatic hydroxyl groups is 1. The number of likely N-dealkylation sites (tertiary alicyclic amines) is 1. The minimum atomic E-state index is -0.409. The summed E-state index contributed by atoms with van der Waals surface area (Å²) in [5.41, 5.74) is 0.757. The first-order valence-electron chi connectivity index (χ1n) is 10.1. The average molecular weight is 418 g/mol. The molecule has 3 heterocycles. The van der Waals surface area contributed by atoms with Gasteiger partial charge in [-0.2, -0.15) is 0 Å². The van der Waals surface area contributed by atoms with E-state index in [9.17, 15) is 9.90 Å². The van der Waals surface area contributed by atoms with Crippen molar-refractivity contribution in [1.82, 2.24) is 14.5 Å². The molecule has 1 aromatic heterocycles. The molecule has 1 N–H and O–H groups in total. The Hall–Kier alpha value is -2.25. The minimum Gasteiger partial charge on any atom is -0.486 e. The standard InChI is InChI=1S/C21H24ClN3O4/c22-16-9-20-19(28-3-4-29-20)7-13(16)8-21(27)25-10-14-5-17(24-2-1-23-12-24)18(26)6-15(14)11-25/h1-2,7,9,12,14-15,17-18,26H,3-6,8,10-11H2/t14-,15+,17-,18-/m1/s1. The van der Waals surface area contributed by atoms with Crippen molar-refractivity contribution in [3.8, 4) is 11.5 Å². The zero-order valence-electron chi connectivity index (χ0n) is 16.0. The molecule has 1 aromatic carbocycles. The summed E-state index contributed by atoms with van der Waals surface area (Å²) in [6, 6.07) is 3.58. The smallest absolute Gasteiger partial charge is 0.227 e. The van der Waals surface area contributed by atoms with E-state index in [2.05, 4.69) is 4.98 Å². The third-order valence-electron chi connectivity index (χ3n) is 6.42. The van der Waals surface area contributed by atoms with E-state index in [0.29, 0.717) is 54.5 Å². The Morgan fingerprint density at radius 1 is 1.17 bits per heavy atom. The Morgan fingerprint density at radius 3 is 2.62 bits per heavy atom. The number of fused-ring (bicyclic) bond motifs is 2. The van der Waals surface area contributed by atoms with Crippen LogP contribution in [0.15, 0.2) is 30.9 Å². The molecule has 0 bridgehead atoms. The van der Waals surface area contributed by atoms with Gasteiger partial charge in [-0.25, -0.2) is 4.98 Å². The van der Waals surface area contributed by atoms with Crippen molar-refractivity contribution in [2.75, 3.05) is 26.3 Å². The second-order valence-electron chi connectivity index (χ2n) is 8.20. The van der Waals surface area contributed by atoms with E-state index in [1.807, 2.05) is 21.7 Å². The zero-order chi connectivity index (χ0) is 20.0. The van der Waals surface area contributed by atoms with Gasteiger partial charge in [-0.3, -0.25) is 4.79 Å². The lowest BCUT2D eigenvalue weighted by atomic mass is 9.77. The molecule has 2 aromatic rings. The molecule has 0 spiro atoms. The number of carbonyl (C=O) groups excluding carboxylic acids is 1. The molecule has 1 saturated heterocycles. The molecule has 0 unspecified atom stereocenters. The highest BCUT2D eigenvalue weighted by Gasteiger charge is 2.43. The number of ether oxygens (including phenoxy) is 2. The maximum atomic E-state index is 13.0. The first kappa shape index (κ1) is 18.8. The first-order chi connectivity index (χ1) is 14.1. The van der Waals surface area contributed by atoms with Crippen LogP contribution in [0.3, 0.4) is 0 Å². The van der Waals surface area contributed by atoms with Crippen LogP contribution in [0.2, 0.25) is 5.02 Å². The van der Waals surface area contributed by atoms with Gasteiger partial charge in [0, 0.05) is 36.6 Å². The molecular weight excluding hydrogens is 394 g/mol. The van der Waals surface area contributed by atoms with Crippen LogP contribution in [-0.4, -0.2) is 57.9 Å². The summed E-state index contributed by atoms with van der Waals surface area (Å²) in [7, 11) is 0. The van der Waals surface area contributed by atoms with Crippen molar-refractivity contribution < 1.29 is 19.4 Å². The van der Waals surface area contributed by atoms with Gasteiger partial charge in [0.05, 0.1) is 24.9 Å². The van der Waals surface area contributed by atoms with Gasteiger partial charge in [-0.1, -0.05) is 11.6 Å². The molecule has 1 aliphatic carbocycles. The highest BCUT2D eigenvalue weighted by atomic mass is 35.5. The van der Waals surface area contributed by atoms with Crippen LogP contribution >= 0.6 is 11.6 Å². The molecule has 3 aliphatic rings. The van der Waals surface area contributed by atoms with E-state index in [-0.39, 0.29) is 18.4 Å². The molecular formula is C21H24ClN3O4. The fourth-order valence-electron chi connectivity index (χ4n) is 4.91. The summed E-state index contributed by atoms with van der Waals surface area (Å²) >= 11 is 6.38. The summed E-state index contributed by atoms with van der Waals surface area (Å²) in [5, 5.41) is 11.1. The van der Waals surface area contributed by atoms with Gasteiger partial charge in [-0.05, 0) is 36.3 Å². The van der Waals surface area contributed by atoms with Gasteiger partial charge in [0.15, 0.2) is 11.5 Å². The van der Waals surface area contributed by atoms with Crippen molar-refractivity contribution in [1.29, 1.82) is 0 Å². The zero-order valence-corrected chi connectivity index (χ0v) is 16.8. The second-order valence-corrected chi connectivity index (χ2v) is 8.61. The molecule has 154 valence electrons. The SMILES string of the molecule is O=C(Cc1cc2c(cc1Cl)OCCO2)N1C[C@H]2C[C@@H](n3ccnc3)[C@H](O)C[C@H]2C1. The van der Waals surface area contributed by atoms with Crippen LogP contribution in [0.4, 0.5) is 0 Å². The number of benzene rings is 1. The predicted molar refractivity (Wildman–Crippen MR) is 106 cm³/mol. The van der Waals surface area contributed by atoms with E-state index in [1.165, 1.54) is 0 Å². The molecule has 2 aliphatic heterocycles. The van der Waals surface area contributed by atoms with Gasteiger partial charge < -0.3 is 24.0 Å². The topological polar surface area (TPSA) is 76.8 Å². The highest BCUT2D eigenvalue weighted by molar-refractivity contribution is 6.31. The Kier molecular flexibility index (Phi) is 4.87. The monoisotopic (exact) mass is 417 g/mol. The number of amides is 1. The number of aromatic nitrogens is 2. The lowest BCUT2D eigenvalue weighted by Gasteiger charge is -2.35. The minimum absolute atomic E-state index is 0.0287. The summed E-state index contributed by atoms with van der Waals surface area (Å²) in [4.78, 5) is 19.0. The van der Waals surface area contributed by atoms with Crippen molar-refractivity contribution >= 4 is 17.5 Å². The van der Waals surface area contributed by atoms with Crippen LogP contribution in [0.25, 0.3) is 0 Å². The van der Waals surface area contributed by atoms with E-state index in [0.717, 1.165) is 18.5 Å². The fourth-order valence-corrected chi connectivity index (χ4v) is 5.13. The summed E-state index contributed by atoms with van der Waals surface area (Å²) in [6.45, 7) is 2.42. The van der Waals surface area contributed by atoms with E-state index < -0.39 is 6.10 Å². The molecule has 7 nitrogen and oxygen atoms in total. The van der Waals surface area contributed by atoms with E-state index >= 15 is 0 Å². The van der Waals surface area contributed by atoms with Crippen LogP contribution < -0.4 is 9.47 Å². The Bertz CT molecular complexity index is 904.